The van der Waals surface area contributed by atoms with Gasteiger partial charge in [0.15, 0.2) is 0 Å². The first-order chi connectivity index (χ1) is 9.79. The maximum absolute atomic E-state index is 12.3. The molecule has 2 amide bonds. The van der Waals surface area contributed by atoms with Crippen LogP contribution in [0.25, 0.3) is 10.9 Å². The van der Waals surface area contributed by atoms with Crippen molar-refractivity contribution in [3.05, 3.63) is 30.5 Å². The highest BCUT2D eigenvalue weighted by Crippen LogP contribution is 2.26. The SMILES string of the molecule is CCn1cc(NC(=O)N2CCCCC2)c2ccccc21. The summed E-state index contributed by atoms with van der Waals surface area (Å²) in [4.78, 5) is 14.2. The lowest BCUT2D eigenvalue weighted by molar-refractivity contribution is 0.200. The number of nitrogens with zero attached hydrogens (tertiary/aromatic N) is 2. The molecule has 106 valence electrons. The molecule has 0 atom stereocenters. The first kappa shape index (κ1) is 13.0. The van der Waals surface area contributed by atoms with E-state index < -0.39 is 0 Å². The van der Waals surface area contributed by atoms with Gasteiger partial charge in [-0.05, 0) is 32.3 Å². The second kappa shape index (κ2) is 5.57. The van der Waals surface area contributed by atoms with Crippen molar-refractivity contribution in [1.29, 1.82) is 0 Å². The molecule has 3 rings (SSSR count). The van der Waals surface area contributed by atoms with Gasteiger partial charge in [-0.1, -0.05) is 18.2 Å². The normalized spacial score (nSPS) is 15.6. The number of aryl methyl sites for hydroxylation is 1. The van der Waals surface area contributed by atoms with Gasteiger partial charge in [0.1, 0.15) is 0 Å². The van der Waals surface area contributed by atoms with Crippen LogP contribution in [-0.2, 0) is 6.54 Å². The second-order valence-corrected chi connectivity index (χ2v) is 5.32. The van der Waals surface area contributed by atoms with Crippen molar-refractivity contribution in [2.45, 2.75) is 32.7 Å². The lowest BCUT2D eigenvalue weighted by atomic mass is 10.1. The van der Waals surface area contributed by atoms with Crippen molar-refractivity contribution >= 4 is 22.6 Å². The van der Waals surface area contributed by atoms with E-state index >= 15 is 0 Å². The van der Waals surface area contributed by atoms with Gasteiger partial charge < -0.3 is 14.8 Å². The van der Waals surface area contributed by atoms with E-state index in [1.165, 1.54) is 11.9 Å². The van der Waals surface area contributed by atoms with Gasteiger partial charge in [0.05, 0.1) is 11.2 Å². The topological polar surface area (TPSA) is 37.3 Å². The third-order valence-corrected chi connectivity index (χ3v) is 4.01. The summed E-state index contributed by atoms with van der Waals surface area (Å²) in [7, 11) is 0. The number of anilines is 1. The predicted octanol–water partition coefficient (Wildman–Crippen LogP) is 3.68. The minimum Gasteiger partial charge on any atom is -0.346 e. The van der Waals surface area contributed by atoms with Gasteiger partial charge in [-0.3, -0.25) is 0 Å². The molecular weight excluding hydrogens is 250 g/mol. The van der Waals surface area contributed by atoms with Crippen molar-refractivity contribution < 1.29 is 4.79 Å². The number of fused-ring (bicyclic) bond motifs is 1. The largest absolute Gasteiger partial charge is 0.346 e. The van der Waals surface area contributed by atoms with Gasteiger partial charge in [0.25, 0.3) is 0 Å². The number of amides is 2. The average Bonchev–Trinajstić information content (AvgIpc) is 2.86. The summed E-state index contributed by atoms with van der Waals surface area (Å²) in [5.41, 5.74) is 2.09. The second-order valence-electron chi connectivity index (χ2n) is 5.32. The number of hydrogen-bond donors (Lipinski definition) is 1. The van der Waals surface area contributed by atoms with Gasteiger partial charge in [-0.15, -0.1) is 0 Å². The Morgan fingerprint density at radius 2 is 1.95 bits per heavy atom. The number of aromatic nitrogens is 1. The van der Waals surface area contributed by atoms with Gasteiger partial charge in [-0.2, -0.15) is 0 Å². The van der Waals surface area contributed by atoms with E-state index in [1.54, 1.807) is 0 Å². The van der Waals surface area contributed by atoms with Crippen LogP contribution in [0.3, 0.4) is 0 Å². The number of benzene rings is 1. The zero-order chi connectivity index (χ0) is 13.9. The Kier molecular flexibility index (Phi) is 3.63. The molecule has 0 aliphatic carbocycles. The molecule has 1 aromatic carbocycles. The molecule has 1 saturated heterocycles. The third-order valence-electron chi connectivity index (χ3n) is 4.01. The molecule has 0 unspecified atom stereocenters. The van der Waals surface area contributed by atoms with Crippen LogP contribution in [0.1, 0.15) is 26.2 Å². The molecule has 0 spiro atoms. The molecule has 2 aromatic rings. The number of nitrogens with one attached hydrogen (secondary N) is 1. The number of carbonyl (C=O) groups excluding carboxylic acids is 1. The van der Waals surface area contributed by atoms with Crippen LogP contribution >= 0.6 is 0 Å². The van der Waals surface area contributed by atoms with E-state index in [9.17, 15) is 4.79 Å². The fourth-order valence-corrected chi connectivity index (χ4v) is 2.90. The van der Waals surface area contributed by atoms with Crippen molar-refractivity contribution in [2.24, 2.45) is 0 Å². The Bertz CT molecular complexity index is 611. The number of likely N-dealkylation sites (tertiary alicyclic amines) is 1. The van der Waals surface area contributed by atoms with Gasteiger partial charge in [-0.25, -0.2) is 4.79 Å². The molecule has 1 N–H and O–H groups in total. The summed E-state index contributed by atoms with van der Waals surface area (Å²) in [5, 5.41) is 4.19. The molecule has 0 bridgehead atoms. The first-order valence-electron chi connectivity index (χ1n) is 7.43. The number of urea groups is 1. The van der Waals surface area contributed by atoms with Crippen LogP contribution < -0.4 is 5.32 Å². The van der Waals surface area contributed by atoms with E-state index in [-0.39, 0.29) is 6.03 Å². The maximum Gasteiger partial charge on any atom is 0.321 e. The summed E-state index contributed by atoms with van der Waals surface area (Å²) in [6, 6.07) is 8.23. The molecule has 4 heteroatoms. The molecule has 2 heterocycles. The van der Waals surface area contributed by atoms with E-state index in [1.807, 2.05) is 23.2 Å². The van der Waals surface area contributed by atoms with Gasteiger partial charge >= 0.3 is 6.03 Å². The lowest BCUT2D eigenvalue weighted by Crippen LogP contribution is -2.38. The Morgan fingerprint density at radius 1 is 1.20 bits per heavy atom. The third kappa shape index (κ3) is 2.38. The summed E-state index contributed by atoms with van der Waals surface area (Å²) in [6.07, 6.45) is 5.50. The van der Waals surface area contributed by atoms with E-state index in [4.69, 9.17) is 0 Å². The zero-order valence-corrected chi connectivity index (χ0v) is 11.9. The average molecular weight is 271 g/mol. The summed E-state index contributed by atoms with van der Waals surface area (Å²) in [5.74, 6) is 0. The van der Waals surface area contributed by atoms with E-state index in [0.29, 0.717) is 0 Å². The quantitative estimate of drug-likeness (QED) is 0.889. The molecule has 1 aromatic heterocycles. The highest BCUT2D eigenvalue weighted by Gasteiger charge is 2.18. The summed E-state index contributed by atoms with van der Waals surface area (Å²) in [6.45, 7) is 4.76. The van der Waals surface area contributed by atoms with Crippen molar-refractivity contribution in [2.75, 3.05) is 18.4 Å². The molecular formula is C16H21N3O. The Labute approximate surface area is 119 Å². The van der Waals surface area contributed by atoms with Crippen LogP contribution in [0, 0.1) is 0 Å². The number of piperidine rings is 1. The number of para-hydroxylation sites is 1. The number of rotatable bonds is 2. The monoisotopic (exact) mass is 271 g/mol. The Hall–Kier alpha value is -1.97. The Morgan fingerprint density at radius 3 is 2.70 bits per heavy atom. The van der Waals surface area contributed by atoms with E-state index in [0.717, 1.165) is 43.5 Å². The lowest BCUT2D eigenvalue weighted by Gasteiger charge is -2.26. The van der Waals surface area contributed by atoms with Crippen LogP contribution in [0.5, 0.6) is 0 Å². The fourth-order valence-electron chi connectivity index (χ4n) is 2.90. The molecule has 1 aliphatic rings. The minimum atomic E-state index is 0.0312. The molecule has 4 nitrogen and oxygen atoms in total. The van der Waals surface area contributed by atoms with Crippen LogP contribution in [0.15, 0.2) is 30.5 Å². The first-order valence-corrected chi connectivity index (χ1v) is 7.43. The highest BCUT2D eigenvalue weighted by molar-refractivity contribution is 6.01. The summed E-state index contributed by atoms with van der Waals surface area (Å²) >= 11 is 0. The predicted molar refractivity (Wildman–Crippen MR) is 82.1 cm³/mol. The van der Waals surface area contributed by atoms with E-state index in [2.05, 4.69) is 28.9 Å². The molecule has 1 fully saturated rings. The molecule has 0 saturated carbocycles. The fraction of sp³-hybridized carbons (Fsp3) is 0.438. The zero-order valence-electron chi connectivity index (χ0n) is 11.9. The van der Waals surface area contributed by atoms with Crippen LogP contribution in [0.2, 0.25) is 0 Å². The summed E-state index contributed by atoms with van der Waals surface area (Å²) < 4.78 is 2.17. The Balaban J connectivity index is 1.85. The van der Waals surface area contributed by atoms with Crippen molar-refractivity contribution in [1.82, 2.24) is 9.47 Å². The van der Waals surface area contributed by atoms with Crippen LogP contribution in [0.4, 0.5) is 10.5 Å². The molecule has 1 aliphatic heterocycles. The maximum atomic E-state index is 12.3. The minimum absolute atomic E-state index is 0.0312. The number of carbonyl (C=O) groups is 1. The van der Waals surface area contributed by atoms with Crippen molar-refractivity contribution in [3.8, 4) is 0 Å². The number of hydrogen-bond acceptors (Lipinski definition) is 1. The highest BCUT2D eigenvalue weighted by atomic mass is 16.2. The van der Waals surface area contributed by atoms with Gasteiger partial charge in [0, 0.05) is 31.2 Å². The smallest absolute Gasteiger partial charge is 0.321 e. The van der Waals surface area contributed by atoms with Crippen molar-refractivity contribution in [3.63, 3.8) is 0 Å². The molecule has 0 radical (unpaired) electrons. The van der Waals surface area contributed by atoms with Gasteiger partial charge in [0.2, 0.25) is 0 Å². The molecule has 20 heavy (non-hydrogen) atoms. The van der Waals surface area contributed by atoms with Crippen LogP contribution in [-0.4, -0.2) is 28.6 Å². The standard InChI is InChI=1S/C16H21N3O/c1-2-18-12-14(13-8-4-5-9-15(13)18)17-16(20)19-10-6-3-7-11-19/h4-5,8-9,12H,2-3,6-7,10-11H2,1H3,(H,17,20).